The Hall–Kier alpha value is -2.29. The van der Waals surface area contributed by atoms with Gasteiger partial charge in [0, 0.05) is 57.2 Å². The Labute approximate surface area is 209 Å². The minimum Gasteiger partial charge on any atom is -0.446 e. The maximum absolute atomic E-state index is 15.5. The number of oxazole rings is 1. The van der Waals surface area contributed by atoms with Crippen molar-refractivity contribution in [3.05, 3.63) is 46.9 Å². The lowest BCUT2D eigenvalue weighted by molar-refractivity contribution is -0.134. The first-order chi connectivity index (χ1) is 17.1. The largest absolute Gasteiger partial charge is 0.446 e. The third-order valence-electron chi connectivity index (χ3n) is 7.59. The van der Waals surface area contributed by atoms with Crippen LogP contribution in [0.2, 0.25) is 0 Å². The van der Waals surface area contributed by atoms with Crippen molar-refractivity contribution in [2.75, 3.05) is 19.6 Å². The highest BCUT2D eigenvalue weighted by atomic mass is 19.4. The minimum absolute atomic E-state index is 0.100. The number of pyridine rings is 1. The van der Waals surface area contributed by atoms with E-state index in [4.69, 9.17) is 4.42 Å². The molecule has 0 amide bonds. The molecule has 0 atom stereocenters. The molecule has 0 spiro atoms. The van der Waals surface area contributed by atoms with Gasteiger partial charge < -0.3 is 9.32 Å². The van der Waals surface area contributed by atoms with E-state index in [9.17, 15) is 18.0 Å². The van der Waals surface area contributed by atoms with Crippen LogP contribution in [-0.4, -0.2) is 52.1 Å². The highest BCUT2D eigenvalue weighted by Gasteiger charge is 2.36. The van der Waals surface area contributed by atoms with E-state index >= 15 is 4.39 Å². The van der Waals surface area contributed by atoms with Crippen LogP contribution < -0.4 is 0 Å². The Morgan fingerprint density at radius 2 is 1.94 bits per heavy atom. The third kappa shape index (κ3) is 7.85. The first kappa shape index (κ1) is 26.8. The van der Waals surface area contributed by atoms with E-state index in [-0.39, 0.29) is 24.5 Å². The number of halogens is 4. The molecular formula is C27H35F4N3O2. The number of carbonyl (C=O) groups excluding carboxylic acids is 1. The molecule has 1 fully saturated rings. The van der Waals surface area contributed by atoms with Crippen molar-refractivity contribution < 1.29 is 26.8 Å². The zero-order valence-electron chi connectivity index (χ0n) is 20.9. The molecule has 0 radical (unpaired) electrons. The number of fused-ring (bicyclic) bond motifs is 1. The second kappa shape index (κ2) is 11.4. The van der Waals surface area contributed by atoms with Gasteiger partial charge in [-0.05, 0) is 62.5 Å². The van der Waals surface area contributed by atoms with Crippen molar-refractivity contribution in [3.63, 3.8) is 0 Å². The highest BCUT2D eigenvalue weighted by molar-refractivity contribution is 5.80. The Bertz CT molecular complexity index is 1030. The third-order valence-corrected chi connectivity index (χ3v) is 7.59. The number of carbonyl (C=O) groups is 1. The van der Waals surface area contributed by atoms with Crippen molar-refractivity contribution in [3.8, 4) is 0 Å². The van der Waals surface area contributed by atoms with Gasteiger partial charge in [-0.15, -0.1) is 0 Å². The summed E-state index contributed by atoms with van der Waals surface area (Å²) >= 11 is 0. The Balaban J connectivity index is 1.19. The van der Waals surface area contributed by atoms with Gasteiger partial charge in [-0.3, -0.25) is 9.78 Å². The summed E-state index contributed by atoms with van der Waals surface area (Å²) in [6.07, 6.45) is 1.44. The normalized spacial score (nSPS) is 23.3. The molecule has 5 nitrogen and oxygen atoms in total. The lowest BCUT2D eigenvalue weighted by Gasteiger charge is -2.35. The molecule has 0 N–H and O–H groups in total. The SMILES string of the molecule is Cc1ncc(CC(=O)CC2CCC(F)(CCN3CCc4ccc(CCC(F)(F)F)nc4CC3)CC2)o1. The zero-order chi connectivity index (χ0) is 25.8. The molecule has 2 aliphatic rings. The van der Waals surface area contributed by atoms with E-state index in [1.165, 1.54) is 0 Å². The number of aryl methyl sites for hydroxylation is 2. The molecule has 2 aromatic rings. The van der Waals surface area contributed by atoms with Crippen LogP contribution in [0.15, 0.2) is 22.7 Å². The van der Waals surface area contributed by atoms with E-state index < -0.39 is 18.3 Å². The summed E-state index contributed by atoms with van der Waals surface area (Å²) < 4.78 is 58.5. The number of ketones is 1. The number of Topliss-reactive ketones (excluding diaryl/α,β-unsaturated/α-hetero) is 1. The van der Waals surface area contributed by atoms with Crippen molar-refractivity contribution in [2.24, 2.45) is 5.92 Å². The fraction of sp³-hybridized carbons (Fsp3) is 0.667. The molecule has 36 heavy (non-hydrogen) atoms. The molecule has 4 rings (SSSR count). The second-order valence-electron chi connectivity index (χ2n) is 10.5. The summed E-state index contributed by atoms with van der Waals surface area (Å²) in [6, 6.07) is 3.60. The molecule has 3 heterocycles. The van der Waals surface area contributed by atoms with E-state index in [1.807, 2.05) is 6.07 Å². The Kier molecular flexibility index (Phi) is 8.48. The molecule has 0 saturated heterocycles. The number of alkyl halides is 4. The number of hydrogen-bond donors (Lipinski definition) is 0. The molecule has 198 valence electrons. The zero-order valence-corrected chi connectivity index (χ0v) is 20.9. The van der Waals surface area contributed by atoms with Gasteiger partial charge in [-0.1, -0.05) is 6.07 Å². The van der Waals surface area contributed by atoms with E-state index in [0.29, 0.717) is 68.8 Å². The fourth-order valence-corrected chi connectivity index (χ4v) is 5.39. The number of rotatable bonds is 9. The molecular weight excluding hydrogens is 474 g/mol. The average Bonchev–Trinajstić information content (AvgIpc) is 3.11. The second-order valence-corrected chi connectivity index (χ2v) is 10.5. The van der Waals surface area contributed by atoms with Crippen LogP contribution in [0.1, 0.15) is 73.5 Å². The van der Waals surface area contributed by atoms with Gasteiger partial charge in [-0.25, -0.2) is 9.37 Å². The quantitative estimate of drug-likeness (QED) is 0.402. The van der Waals surface area contributed by atoms with Crippen LogP contribution in [0.25, 0.3) is 0 Å². The molecule has 1 aliphatic heterocycles. The van der Waals surface area contributed by atoms with E-state index in [0.717, 1.165) is 30.8 Å². The van der Waals surface area contributed by atoms with Crippen molar-refractivity contribution >= 4 is 5.78 Å². The van der Waals surface area contributed by atoms with Gasteiger partial charge >= 0.3 is 6.18 Å². The highest BCUT2D eigenvalue weighted by Crippen LogP contribution is 2.39. The topological polar surface area (TPSA) is 59.2 Å². The van der Waals surface area contributed by atoms with Crippen LogP contribution >= 0.6 is 0 Å². The first-order valence-electron chi connectivity index (χ1n) is 13.0. The summed E-state index contributed by atoms with van der Waals surface area (Å²) in [5.41, 5.74) is 1.23. The number of nitrogens with zero attached hydrogens (tertiary/aromatic N) is 3. The van der Waals surface area contributed by atoms with Crippen LogP contribution in [0.4, 0.5) is 17.6 Å². The lowest BCUT2D eigenvalue weighted by Crippen LogP contribution is -2.36. The van der Waals surface area contributed by atoms with Gasteiger partial charge in [0.05, 0.1) is 12.6 Å². The van der Waals surface area contributed by atoms with Gasteiger partial charge in [0.2, 0.25) is 0 Å². The maximum atomic E-state index is 15.5. The smallest absolute Gasteiger partial charge is 0.389 e. The van der Waals surface area contributed by atoms with Crippen LogP contribution in [0.5, 0.6) is 0 Å². The monoisotopic (exact) mass is 509 g/mol. The predicted molar refractivity (Wildman–Crippen MR) is 127 cm³/mol. The van der Waals surface area contributed by atoms with Gasteiger partial charge in [0.15, 0.2) is 5.89 Å². The average molecular weight is 510 g/mol. The summed E-state index contributed by atoms with van der Waals surface area (Å²) in [6.45, 7) is 3.93. The summed E-state index contributed by atoms with van der Waals surface area (Å²) in [5.74, 6) is 1.46. The summed E-state index contributed by atoms with van der Waals surface area (Å²) in [5, 5.41) is 0. The maximum Gasteiger partial charge on any atom is 0.389 e. The number of hydrogen-bond acceptors (Lipinski definition) is 5. The Morgan fingerprint density at radius 1 is 1.19 bits per heavy atom. The van der Waals surface area contributed by atoms with Crippen molar-refractivity contribution in [1.82, 2.24) is 14.9 Å². The van der Waals surface area contributed by atoms with E-state index in [2.05, 4.69) is 14.9 Å². The van der Waals surface area contributed by atoms with Crippen LogP contribution in [0.3, 0.4) is 0 Å². The van der Waals surface area contributed by atoms with Crippen molar-refractivity contribution in [2.45, 2.75) is 89.4 Å². The molecule has 9 heteroatoms. The molecule has 0 bridgehead atoms. The standard InChI is InChI=1S/C27H35F4N3O2/c1-19-32-18-24(36-19)17-23(35)16-20-4-9-26(28,10-5-20)12-15-34-13-7-21-2-3-22(6-11-27(29,30)31)33-25(21)8-14-34/h2-3,18,20H,4-17H2,1H3. The molecule has 1 aliphatic carbocycles. The summed E-state index contributed by atoms with van der Waals surface area (Å²) in [7, 11) is 0. The molecule has 0 aromatic carbocycles. The van der Waals surface area contributed by atoms with Gasteiger partial charge in [0.25, 0.3) is 0 Å². The number of aromatic nitrogens is 2. The molecule has 0 unspecified atom stereocenters. The first-order valence-corrected chi connectivity index (χ1v) is 13.0. The summed E-state index contributed by atoms with van der Waals surface area (Å²) in [4.78, 5) is 23.1. The molecule has 1 saturated carbocycles. The Morgan fingerprint density at radius 3 is 2.64 bits per heavy atom. The lowest BCUT2D eigenvalue weighted by atomic mass is 9.76. The van der Waals surface area contributed by atoms with Gasteiger partial charge in [-0.2, -0.15) is 13.2 Å². The minimum atomic E-state index is -4.18. The van der Waals surface area contributed by atoms with Crippen LogP contribution in [-0.2, 0) is 30.5 Å². The predicted octanol–water partition coefficient (Wildman–Crippen LogP) is 5.76. The van der Waals surface area contributed by atoms with Crippen LogP contribution in [0, 0.1) is 12.8 Å². The molecule has 2 aromatic heterocycles. The van der Waals surface area contributed by atoms with E-state index in [1.54, 1.807) is 19.2 Å². The van der Waals surface area contributed by atoms with Gasteiger partial charge in [0.1, 0.15) is 17.2 Å². The fourth-order valence-electron chi connectivity index (χ4n) is 5.39. The van der Waals surface area contributed by atoms with Crippen molar-refractivity contribution in [1.29, 1.82) is 0 Å².